The minimum absolute atomic E-state index is 0.629. The second kappa shape index (κ2) is 6.54. The number of aryl methyl sites for hydroxylation is 1. The molecule has 2 N–H and O–H groups in total. The van der Waals surface area contributed by atoms with Crippen molar-refractivity contribution in [3.8, 4) is 5.88 Å². The van der Waals surface area contributed by atoms with Gasteiger partial charge in [0.05, 0.1) is 6.61 Å². The molecule has 1 fully saturated rings. The summed E-state index contributed by atoms with van der Waals surface area (Å²) >= 11 is 0. The Morgan fingerprint density at radius 2 is 2.39 bits per heavy atom. The molecule has 1 saturated heterocycles. The lowest BCUT2D eigenvalue weighted by atomic mass is 10.1. The molecule has 5 heteroatoms. The lowest BCUT2D eigenvalue weighted by molar-refractivity contribution is 0.325. The molecule has 0 spiro atoms. The molecule has 0 aromatic carbocycles. The van der Waals surface area contributed by atoms with Gasteiger partial charge in [-0.1, -0.05) is 0 Å². The first kappa shape index (κ1) is 13.1. The van der Waals surface area contributed by atoms with Crippen molar-refractivity contribution in [3.63, 3.8) is 0 Å². The number of anilines is 1. The highest BCUT2D eigenvalue weighted by atomic mass is 16.5. The van der Waals surface area contributed by atoms with Crippen LogP contribution >= 0.6 is 0 Å². The first-order chi connectivity index (χ1) is 8.78. The fraction of sp³-hybridized carbons (Fsp3) is 0.692. The van der Waals surface area contributed by atoms with E-state index in [2.05, 4.69) is 20.6 Å². The van der Waals surface area contributed by atoms with Gasteiger partial charge in [-0.3, -0.25) is 0 Å². The Morgan fingerprint density at radius 3 is 3.11 bits per heavy atom. The molecule has 1 aliphatic heterocycles. The molecule has 0 bridgehead atoms. The summed E-state index contributed by atoms with van der Waals surface area (Å²) in [4.78, 5) is 8.59. The van der Waals surface area contributed by atoms with Crippen molar-refractivity contribution in [1.82, 2.24) is 15.3 Å². The van der Waals surface area contributed by atoms with Gasteiger partial charge in [-0.05, 0) is 45.7 Å². The van der Waals surface area contributed by atoms with Gasteiger partial charge in [0.15, 0.2) is 0 Å². The summed E-state index contributed by atoms with van der Waals surface area (Å²) in [6, 6.07) is 1.86. The third-order valence-electron chi connectivity index (χ3n) is 3.13. The standard InChI is InChI=1S/C13H22N4O/c1-3-18-13-8-12(16-10(2)17-13)15-7-5-11-4-6-14-9-11/h8,11,14H,3-7,9H2,1-2H3,(H,15,16,17). The van der Waals surface area contributed by atoms with Crippen molar-refractivity contribution in [2.45, 2.75) is 26.7 Å². The van der Waals surface area contributed by atoms with Crippen molar-refractivity contribution in [3.05, 3.63) is 11.9 Å². The highest BCUT2D eigenvalue weighted by molar-refractivity contribution is 5.38. The van der Waals surface area contributed by atoms with E-state index in [4.69, 9.17) is 4.74 Å². The van der Waals surface area contributed by atoms with Crippen molar-refractivity contribution in [1.29, 1.82) is 0 Å². The molecule has 1 aromatic rings. The zero-order valence-corrected chi connectivity index (χ0v) is 11.2. The van der Waals surface area contributed by atoms with Crippen molar-refractivity contribution < 1.29 is 4.74 Å². The smallest absolute Gasteiger partial charge is 0.218 e. The maximum absolute atomic E-state index is 5.41. The second-order valence-corrected chi connectivity index (χ2v) is 4.65. The molecular formula is C13H22N4O. The average Bonchev–Trinajstić information content (AvgIpc) is 2.82. The SMILES string of the molecule is CCOc1cc(NCCC2CCNC2)nc(C)n1. The first-order valence-corrected chi connectivity index (χ1v) is 6.71. The Balaban J connectivity index is 1.83. The van der Waals surface area contributed by atoms with E-state index in [0.29, 0.717) is 12.5 Å². The molecule has 2 heterocycles. The normalized spacial score (nSPS) is 18.9. The molecule has 100 valence electrons. The van der Waals surface area contributed by atoms with E-state index in [0.717, 1.165) is 37.2 Å². The van der Waals surface area contributed by atoms with Crippen LogP contribution < -0.4 is 15.4 Å². The van der Waals surface area contributed by atoms with Crippen LogP contribution in [0.25, 0.3) is 0 Å². The number of hydrogen-bond acceptors (Lipinski definition) is 5. The lowest BCUT2D eigenvalue weighted by Crippen LogP contribution is -2.13. The quantitative estimate of drug-likeness (QED) is 0.803. The molecule has 1 atom stereocenters. The van der Waals surface area contributed by atoms with Crippen LogP contribution in [0.5, 0.6) is 5.88 Å². The van der Waals surface area contributed by atoms with Crippen molar-refractivity contribution in [2.24, 2.45) is 5.92 Å². The van der Waals surface area contributed by atoms with Gasteiger partial charge in [-0.2, -0.15) is 4.98 Å². The Morgan fingerprint density at radius 1 is 1.50 bits per heavy atom. The van der Waals surface area contributed by atoms with E-state index in [1.165, 1.54) is 12.8 Å². The maximum Gasteiger partial charge on any atom is 0.218 e. The van der Waals surface area contributed by atoms with Crippen LogP contribution in [0.4, 0.5) is 5.82 Å². The largest absolute Gasteiger partial charge is 0.478 e. The van der Waals surface area contributed by atoms with Crippen LogP contribution in [0.3, 0.4) is 0 Å². The number of hydrogen-bond donors (Lipinski definition) is 2. The van der Waals surface area contributed by atoms with Crippen LogP contribution in [0, 0.1) is 12.8 Å². The average molecular weight is 250 g/mol. The summed E-state index contributed by atoms with van der Waals surface area (Å²) < 4.78 is 5.41. The van der Waals surface area contributed by atoms with Crippen molar-refractivity contribution >= 4 is 5.82 Å². The van der Waals surface area contributed by atoms with Crippen LogP contribution in [0.15, 0.2) is 6.07 Å². The molecule has 0 aliphatic carbocycles. The summed E-state index contributed by atoms with van der Waals surface area (Å²) in [6.45, 7) is 7.73. The van der Waals surface area contributed by atoms with Gasteiger partial charge in [0.25, 0.3) is 0 Å². The van der Waals surface area contributed by atoms with Crippen LogP contribution in [0.1, 0.15) is 25.6 Å². The van der Waals surface area contributed by atoms with Gasteiger partial charge in [-0.15, -0.1) is 0 Å². The van der Waals surface area contributed by atoms with Gasteiger partial charge in [0, 0.05) is 12.6 Å². The molecule has 18 heavy (non-hydrogen) atoms. The summed E-state index contributed by atoms with van der Waals surface area (Å²) in [5.74, 6) is 3.05. The summed E-state index contributed by atoms with van der Waals surface area (Å²) in [5.41, 5.74) is 0. The zero-order valence-electron chi connectivity index (χ0n) is 11.2. The molecule has 2 rings (SSSR count). The topological polar surface area (TPSA) is 59.1 Å². The predicted octanol–water partition coefficient (Wildman–Crippen LogP) is 1.60. The highest BCUT2D eigenvalue weighted by Crippen LogP contribution is 2.15. The van der Waals surface area contributed by atoms with Crippen LogP contribution in [-0.2, 0) is 0 Å². The third-order valence-corrected chi connectivity index (χ3v) is 3.13. The minimum atomic E-state index is 0.629. The van der Waals surface area contributed by atoms with Gasteiger partial charge in [0.1, 0.15) is 11.6 Å². The number of ether oxygens (including phenoxy) is 1. The molecular weight excluding hydrogens is 228 g/mol. The molecule has 5 nitrogen and oxygen atoms in total. The fourth-order valence-corrected chi connectivity index (χ4v) is 2.22. The van der Waals surface area contributed by atoms with E-state index < -0.39 is 0 Å². The van der Waals surface area contributed by atoms with E-state index in [1.807, 2.05) is 19.9 Å². The zero-order chi connectivity index (χ0) is 12.8. The van der Waals surface area contributed by atoms with Crippen LogP contribution in [-0.4, -0.2) is 36.2 Å². The van der Waals surface area contributed by atoms with E-state index in [1.54, 1.807) is 0 Å². The second-order valence-electron chi connectivity index (χ2n) is 4.65. The monoisotopic (exact) mass is 250 g/mol. The van der Waals surface area contributed by atoms with Gasteiger partial charge in [-0.25, -0.2) is 4.98 Å². The number of rotatable bonds is 6. The molecule has 0 amide bonds. The molecule has 1 unspecified atom stereocenters. The van der Waals surface area contributed by atoms with E-state index in [-0.39, 0.29) is 0 Å². The Bertz CT molecular complexity index is 377. The van der Waals surface area contributed by atoms with Gasteiger partial charge in [0.2, 0.25) is 5.88 Å². The van der Waals surface area contributed by atoms with E-state index >= 15 is 0 Å². The molecule has 1 aliphatic rings. The summed E-state index contributed by atoms with van der Waals surface area (Å²) in [5, 5.41) is 6.73. The Labute approximate surface area is 108 Å². The van der Waals surface area contributed by atoms with Gasteiger partial charge < -0.3 is 15.4 Å². The van der Waals surface area contributed by atoms with Crippen LogP contribution in [0.2, 0.25) is 0 Å². The Kier molecular flexibility index (Phi) is 4.75. The summed E-state index contributed by atoms with van der Waals surface area (Å²) in [7, 11) is 0. The lowest BCUT2D eigenvalue weighted by Gasteiger charge is -2.11. The number of nitrogens with one attached hydrogen (secondary N) is 2. The molecule has 0 radical (unpaired) electrons. The van der Waals surface area contributed by atoms with Gasteiger partial charge >= 0.3 is 0 Å². The highest BCUT2D eigenvalue weighted by Gasteiger charge is 2.13. The Hall–Kier alpha value is -1.36. The first-order valence-electron chi connectivity index (χ1n) is 6.71. The number of nitrogens with zero attached hydrogens (tertiary/aromatic N) is 2. The third kappa shape index (κ3) is 3.84. The fourth-order valence-electron chi connectivity index (χ4n) is 2.22. The maximum atomic E-state index is 5.41. The number of aromatic nitrogens is 2. The molecule has 0 saturated carbocycles. The van der Waals surface area contributed by atoms with Crippen molar-refractivity contribution in [2.75, 3.05) is 31.6 Å². The minimum Gasteiger partial charge on any atom is -0.478 e. The van der Waals surface area contributed by atoms with E-state index in [9.17, 15) is 0 Å². The summed E-state index contributed by atoms with van der Waals surface area (Å²) in [6.07, 6.45) is 2.47. The predicted molar refractivity (Wildman–Crippen MR) is 72.0 cm³/mol. The molecule has 1 aromatic heterocycles.